The van der Waals surface area contributed by atoms with Gasteiger partial charge in [-0.1, -0.05) is 60.7 Å². The van der Waals surface area contributed by atoms with Crippen molar-refractivity contribution in [2.24, 2.45) is 5.92 Å². The average Bonchev–Trinajstić information content (AvgIpc) is 3.50. The first-order valence-electron chi connectivity index (χ1n) is 8.99. The van der Waals surface area contributed by atoms with E-state index in [0.29, 0.717) is 18.9 Å². The minimum atomic E-state index is -0.653. The molecule has 1 unspecified atom stereocenters. The van der Waals surface area contributed by atoms with E-state index in [9.17, 15) is 9.59 Å². The Labute approximate surface area is 153 Å². The van der Waals surface area contributed by atoms with Crippen molar-refractivity contribution in [1.29, 1.82) is 0 Å². The second-order valence-corrected chi connectivity index (χ2v) is 6.64. The average molecular weight is 352 g/mol. The van der Waals surface area contributed by atoms with Crippen molar-refractivity contribution >= 4 is 12.0 Å². The number of carbonyl (C=O) groups excluding carboxylic acids is 2. The summed E-state index contributed by atoms with van der Waals surface area (Å²) in [7, 11) is 0. The predicted octanol–water partition coefficient (Wildman–Crippen LogP) is 3.05. The summed E-state index contributed by atoms with van der Waals surface area (Å²) >= 11 is 0. The van der Waals surface area contributed by atoms with E-state index in [4.69, 9.17) is 4.74 Å². The largest absolute Gasteiger partial charge is 0.445 e. The van der Waals surface area contributed by atoms with Crippen LogP contribution in [-0.4, -0.2) is 24.6 Å². The number of alkyl carbamates (subject to hydrolysis) is 1. The molecule has 0 bridgehead atoms. The van der Waals surface area contributed by atoms with Gasteiger partial charge in [-0.2, -0.15) is 0 Å². The van der Waals surface area contributed by atoms with Gasteiger partial charge in [-0.3, -0.25) is 4.79 Å². The highest BCUT2D eigenvalue weighted by molar-refractivity contribution is 5.85. The van der Waals surface area contributed by atoms with Crippen molar-refractivity contribution in [3.8, 4) is 0 Å². The molecule has 0 radical (unpaired) electrons. The first kappa shape index (κ1) is 18.0. The van der Waals surface area contributed by atoms with Crippen molar-refractivity contribution in [2.75, 3.05) is 6.54 Å². The maximum absolute atomic E-state index is 12.5. The number of rotatable bonds is 8. The lowest BCUT2D eigenvalue weighted by Gasteiger charge is -2.18. The molecule has 1 aliphatic carbocycles. The number of nitrogens with one attached hydrogen (secondary N) is 2. The molecule has 1 fully saturated rings. The summed E-state index contributed by atoms with van der Waals surface area (Å²) in [5.74, 6) is 0.416. The summed E-state index contributed by atoms with van der Waals surface area (Å²) in [6, 6.07) is 18.4. The molecule has 0 saturated heterocycles. The minimum Gasteiger partial charge on any atom is -0.445 e. The summed E-state index contributed by atoms with van der Waals surface area (Å²) in [6.07, 6.45) is 2.17. The van der Waals surface area contributed by atoms with Gasteiger partial charge in [-0.25, -0.2) is 4.79 Å². The molecule has 2 aromatic rings. The number of hydrogen-bond donors (Lipinski definition) is 2. The van der Waals surface area contributed by atoms with E-state index in [2.05, 4.69) is 10.6 Å². The van der Waals surface area contributed by atoms with E-state index in [-0.39, 0.29) is 12.5 Å². The molecule has 0 aliphatic heterocycles. The summed E-state index contributed by atoms with van der Waals surface area (Å²) < 4.78 is 5.25. The lowest BCUT2D eigenvalue weighted by atomic mass is 10.1. The van der Waals surface area contributed by atoms with Gasteiger partial charge in [0.15, 0.2) is 0 Å². The molecule has 5 nitrogen and oxygen atoms in total. The monoisotopic (exact) mass is 352 g/mol. The third-order valence-corrected chi connectivity index (χ3v) is 4.37. The molecule has 0 heterocycles. The second kappa shape index (κ2) is 9.04. The van der Waals surface area contributed by atoms with E-state index in [1.54, 1.807) is 0 Å². The Bertz CT molecular complexity index is 715. The van der Waals surface area contributed by atoms with Gasteiger partial charge in [0.1, 0.15) is 12.6 Å². The number of hydrogen-bond acceptors (Lipinski definition) is 3. The quantitative estimate of drug-likeness (QED) is 0.767. The fraction of sp³-hybridized carbons (Fsp3) is 0.333. The summed E-state index contributed by atoms with van der Waals surface area (Å²) in [5, 5.41) is 5.64. The lowest BCUT2D eigenvalue weighted by Crippen LogP contribution is -2.48. The molecule has 0 spiro atoms. The van der Waals surface area contributed by atoms with Crippen LogP contribution in [0.2, 0.25) is 0 Å². The Hall–Kier alpha value is -2.82. The van der Waals surface area contributed by atoms with Crippen molar-refractivity contribution < 1.29 is 14.3 Å². The maximum atomic E-state index is 12.5. The number of benzene rings is 2. The van der Waals surface area contributed by atoms with Crippen molar-refractivity contribution in [2.45, 2.75) is 31.9 Å². The molecular formula is C21H24N2O3. The van der Waals surface area contributed by atoms with Gasteiger partial charge in [-0.15, -0.1) is 0 Å². The van der Waals surface area contributed by atoms with E-state index >= 15 is 0 Å². The zero-order valence-corrected chi connectivity index (χ0v) is 14.7. The van der Waals surface area contributed by atoms with Crippen LogP contribution in [-0.2, 0) is 22.6 Å². The molecule has 1 saturated carbocycles. The molecule has 5 heteroatoms. The molecule has 2 amide bonds. The first-order chi connectivity index (χ1) is 12.7. The summed E-state index contributed by atoms with van der Waals surface area (Å²) in [6.45, 7) is 0.847. The molecule has 1 aliphatic rings. The van der Waals surface area contributed by atoms with Crippen LogP contribution in [0.15, 0.2) is 60.7 Å². The molecule has 26 heavy (non-hydrogen) atoms. The van der Waals surface area contributed by atoms with Gasteiger partial charge in [-0.05, 0) is 29.9 Å². The van der Waals surface area contributed by atoms with Crippen molar-refractivity contribution in [3.05, 3.63) is 71.8 Å². The molecule has 3 rings (SSSR count). The van der Waals surface area contributed by atoms with Crippen LogP contribution in [0.3, 0.4) is 0 Å². The molecule has 2 N–H and O–H groups in total. The van der Waals surface area contributed by atoms with Crippen LogP contribution in [0.1, 0.15) is 24.0 Å². The number of amides is 2. The molecular weight excluding hydrogens is 328 g/mol. The summed E-state index contributed by atoms with van der Waals surface area (Å²) in [5.41, 5.74) is 1.89. The zero-order chi connectivity index (χ0) is 18.2. The topological polar surface area (TPSA) is 67.4 Å². The Balaban J connectivity index is 1.56. The standard InChI is InChI=1S/C21H24N2O3/c24-20(22-14-17-11-12-17)19(13-16-7-3-1-4-8-16)23-21(25)26-15-18-9-5-2-6-10-18/h1-10,17,19H,11-15H2,(H,22,24)(H,23,25). The zero-order valence-electron chi connectivity index (χ0n) is 14.7. The fourth-order valence-corrected chi connectivity index (χ4v) is 2.66. The van der Waals surface area contributed by atoms with Gasteiger partial charge in [0.25, 0.3) is 0 Å². The normalized spacial score (nSPS) is 14.3. The van der Waals surface area contributed by atoms with Crippen LogP contribution in [0.4, 0.5) is 4.79 Å². The fourth-order valence-electron chi connectivity index (χ4n) is 2.66. The Morgan fingerprint density at radius 3 is 2.19 bits per heavy atom. The Morgan fingerprint density at radius 1 is 0.962 bits per heavy atom. The van der Waals surface area contributed by atoms with Crippen molar-refractivity contribution in [1.82, 2.24) is 10.6 Å². The molecule has 1 atom stereocenters. The van der Waals surface area contributed by atoms with E-state index in [1.807, 2.05) is 60.7 Å². The highest BCUT2D eigenvalue weighted by Gasteiger charge is 2.26. The van der Waals surface area contributed by atoms with E-state index in [1.165, 1.54) is 0 Å². The van der Waals surface area contributed by atoms with E-state index < -0.39 is 12.1 Å². The lowest BCUT2D eigenvalue weighted by molar-refractivity contribution is -0.123. The van der Waals surface area contributed by atoms with Crippen LogP contribution >= 0.6 is 0 Å². The highest BCUT2D eigenvalue weighted by Crippen LogP contribution is 2.27. The third-order valence-electron chi connectivity index (χ3n) is 4.37. The Morgan fingerprint density at radius 2 is 1.58 bits per heavy atom. The first-order valence-corrected chi connectivity index (χ1v) is 8.99. The van der Waals surface area contributed by atoms with Gasteiger partial charge < -0.3 is 15.4 Å². The van der Waals surface area contributed by atoms with Crippen LogP contribution < -0.4 is 10.6 Å². The maximum Gasteiger partial charge on any atom is 0.408 e. The molecule has 0 aromatic heterocycles. The van der Waals surface area contributed by atoms with Crippen LogP contribution in [0.25, 0.3) is 0 Å². The van der Waals surface area contributed by atoms with Gasteiger partial charge in [0.05, 0.1) is 0 Å². The van der Waals surface area contributed by atoms with Crippen LogP contribution in [0, 0.1) is 5.92 Å². The minimum absolute atomic E-state index is 0.169. The Kier molecular flexibility index (Phi) is 6.25. The van der Waals surface area contributed by atoms with Gasteiger partial charge in [0, 0.05) is 13.0 Å². The predicted molar refractivity (Wildman–Crippen MR) is 99.4 cm³/mol. The van der Waals surface area contributed by atoms with Gasteiger partial charge in [0.2, 0.25) is 5.91 Å². The number of ether oxygens (including phenoxy) is 1. The smallest absolute Gasteiger partial charge is 0.408 e. The highest BCUT2D eigenvalue weighted by atomic mass is 16.5. The second-order valence-electron chi connectivity index (χ2n) is 6.64. The summed E-state index contributed by atoms with van der Waals surface area (Å²) in [4.78, 5) is 24.7. The molecule has 2 aromatic carbocycles. The van der Waals surface area contributed by atoms with Gasteiger partial charge >= 0.3 is 6.09 Å². The number of carbonyl (C=O) groups is 2. The van der Waals surface area contributed by atoms with Crippen LogP contribution in [0.5, 0.6) is 0 Å². The molecule has 136 valence electrons. The third kappa shape index (κ3) is 5.92. The SMILES string of the molecule is O=C(NC(Cc1ccccc1)C(=O)NCC1CC1)OCc1ccccc1. The van der Waals surface area contributed by atoms with E-state index in [0.717, 1.165) is 24.0 Å². The van der Waals surface area contributed by atoms with Crippen molar-refractivity contribution in [3.63, 3.8) is 0 Å².